The molecular formula is C17H11N5S. The fourth-order valence-electron chi connectivity index (χ4n) is 2.15. The Labute approximate surface area is 136 Å². The zero-order chi connectivity index (χ0) is 15.6. The van der Waals surface area contributed by atoms with E-state index in [1.54, 1.807) is 11.3 Å². The highest BCUT2D eigenvalue weighted by molar-refractivity contribution is 7.13. The van der Waals surface area contributed by atoms with Gasteiger partial charge in [0.25, 0.3) is 0 Å². The Hall–Kier alpha value is -3.17. The van der Waals surface area contributed by atoms with E-state index in [0.29, 0.717) is 28.6 Å². The van der Waals surface area contributed by atoms with Gasteiger partial charge in [-0.15, -0.1) is 11.3 Å². The first-order chi connectivity index (χ1) is 11.3. The second kappa shape index (κ2) is 5.55. The third-order valence-electron chi connectivity index (χ3n) is 3.22. The monoisotopic (exact) mass is 317 g/mol. The lowest BCUT2D eigenvalue weighted by atomic mass is 10.2. The Morgan fingerprint density at radius 2 is 1.83 bits per heavy atom. The van der Waals surface area contributed by atoms with E-state index in [1.165, 1.54) is 0 Å². The van der Waals surface area contributed by atoms with Gasteiger partial charge in [0.05, 0.1) is 4.88 Å². The number of imidazole rings is 1. The molecule has 4 aromatic rings. The smallest absolute Gasteiger partial charge is 0.185 e. The van der Waals surface area contributed by atoms with E-state index in [1.807, 2.05) is 47.8 Å². The maximum atomic E-state index is 6.02. The first kappa shape index (κ1) is 13.5. The molecule has 0 radical (unpaired) electrons. The first-order valence-corrected chi connectivity index (χ1v) is 7.82. The molecular weight excluding hydrogens is 306 g/mol. The molecule has 0 spiro atoms. The van der Waals surface area contributed by atoms with Crippen molar-refractivity contribution in [2.75, 3.05) is 5.73 Å². The Morgan fingerprint density at radius 1 is 0.957 bits per heavy atom. The molecule has 0 amide bonds. The molecule has 0 bridgehead atoms. The van der Waals surface area contributed by atoms with Gasteiger partial charge < -0.3 is 10.7 Å². The quantitative estimate of drug-likeness (QED) is 0.529. The van der Waals surface area contributed by atoms with Crippen molar-refractivity contribution in [2.45, 2.75) is 0 Å². The van der Waals surface area contributed by atoms with Crippen LogP contribution < -0.4 is 5.73 Å². The fourth-order valence-corrected chi connectivity index (χ4v) is 2.80. The van der Waals surface area contributed by atoms with E-state index in [2.05, 4.69) is 31.8 Å². The van der Waals surface area contributed by atoms with Crippen molar-refractivity contribution < 1.29 is 0 Å². The number of H-pyrrole nitrogens is 1. The lowest BCUT2D eigenvalue weighted by Gasteiger charge is -1.98. The molecule has 0 aliphatic heterocycles. The number of nitrogens with zero attached hydrogens (tertiary/aromatic N) is 3. The van der Waals surface area contributed by atoms with Crippen LogP contribution in [0, 0.1) is 11.8 Å². The largest absolute Gasteiger partial charge is 0.382 e. The van der Waals surface area contributed by atoms with Crippen LogP contribution in [0.1, 0.15) is 11.4 Å². The number of nitrogen functional groups attached to an aromatic ring is 1. The van der Waals surface area contributed by atoms with Crippen LogP contribution in [-0.4, -0.2) is 19.9 Å². The van der Waals surface area contributed by atoms with Gasteiger partial charge in [-0.1, -0.05) is 30.2 Å². The highest BCUT2D eigenvalue weighted by atomic mass is 32.1. The molecule has 110 valence electrons. The number of fused-ring (bicyclic) bond motifs is 1. The number of benzene rings is 1. The summed E-state index contributed by atoms with van der Waals surface area (Å²) in [7, 11) is 0. The zero-order valence-electron chi connectivity index (χ0n) is 11.9. The topological polar surface area (TPSA) is 80.5 Å². The zero-order valence-corrected chi connectivity index (χ0v) is 12.8. The summed E-state index contributed by atoms with van der Waals surface area (Å²) in [6.07, 6.45) is 0. The molecule has 5 nitrogen and oxygen atoms in total. The molecule has 0 saturated carbocycles. The molecule has 0 atom stereocenters. The predicted octanol–water partition coefficient (Wildman–Crippen LogP) is 3.06. The molecule has 6 heteroatoms. The van der Waals surface area contributed by atoms with Gasteiger partial charge in [0.15, 0.2) is 23.1 Å². The van der Waals surface area contributed by atoms with E-state index in [-0.39, 0.29) is 0 Å². The van der Waals surface area contributed by atoms with Gasteiger partial charge in [-0.3, -0.25) is 0 Å². The van der Waals surface area contributed by atoms with Crippen LogP contribution in [0.2, 0.25) is 0 Å². The number of rotatable bonds is 1. The highest BCUT2D eigenvalue weighted by Crippen LogP contribution is 2.24. The summed E-state index contributed by atoms with van der Waals surface area (Å²) in [5.41, 5.74) is 8.08. The van der Waals surface area contributed by atoms with E-state index < -0.39 is 0 Å². The average Bonchev–Trinajstić information content (AvgIpc) is 3.23. The van der Waals surface area contributed by atoms with Gasteiger partial charge in [0.1, 0.15) is 5.52 Å². The summed E-state index contributed by atoms with van der Waals surface area (Å²) < 4.78 is 0. The van der Waals surface area contributed by atoms with Crippen molar-refractivity contribution in [1.29, 1.82) is 0 Å². The number of aromatic amines is 1. The summed E-state index contributed by atoms with van der Waals surface area (Å²) in [5.74, 6) is 7.52. The number of thiophene rings is 1. The highest BCUT2D eigenvalue weighted by Gasteiger charge is 2.11. The number of aromatic nitrogens is 4. The number of anilines is 1. The molecule has 0 unspecified atom stereocenters. The summed E-state index contributed by atoms with van der Waals surface area (Å²) in [5, 5.41) is 1.97. The van der Waals surface area contributed by atoms with E-state index in [4.69, 9.17) is 5.73 Å². The Bertz CT molecular complexity index is 1020. The molecule has 0 saturated heterocycles. The van der Waals surface area contributed by atoms with E-state index in [0.717, 1.165) is 10.4 Å². The van der Waals surface area contributed by atoms with Gasteiger partial charge in [-0.25, -0.2) is 15.0 Å². The summed E-state index contributed by atoms with van der Waals surface area (Å²) in [6.45, 7) is 0. The molecule has 3 aromatic heterocycles. The molecule has 0 fully saturated rings. The van der Waals surface area contributed by atoms with Crippen molar-refractivity contribution in [2.24, 2.45) is 0 Å². The van der Waals surface area contributed by atoms with E-state index in [9.17, 15) is 0 Å². The van der Waals surface area contributed by atoms with Crippen molar-refractivity contribution in [3.05, 3.63) is 59.2 Å². The van der Waals surface area contributed by atoms with Crippen molar-refractivity contribution in [3.8, 4) is 22.5 Å². The van der Waals surface area contributed by atoms with Gasteiger partial charge in [-0.2, -0.15) is 0 Å². The van der Waals surface area contributed by atoms with Crippen LogP contribution in [-0.2, 0) is 0 Å². The number of hydrogen-bond acceptors (Lipinski definition) is 5. The maximum Gasteiger partial charge on any atom is 0.185 e. The molecule has 3 heterocycles. The molecule has 1 aromatic carbocycles. The van der Waals surface area contributed by atoms with Crippen LogP contribution in [0.5, 0.6) is 0 Å². The minimum atomic E-state index is 0.374. The van der Waals surface area contributed by atoms with Crippen LogP contribution in [0.4, 0.5) is 5.82 Å². The summed E-state index contributed by atoms with van der Waals surface area (Å²) in [6, 6.07) is 13.6. The number of hydrogen-bond donors (Lipinski definition) is 2. The summed E-state index contributed by atoms with van der Waals surface area (Å²) in [4.78, 5) is 17.2. The fraction of sp³-hybridized carbons (Fsp3) is 0. The summed E-state index contributed by atoms with van der Waals surface area (Å²) >= 11 is 1.56. The second-order valence-corrected chi connectivity index (χ2v) is 5.76. The van der Waals surface area contributed by atoms with Crippen LogP contribution >= 0.6 is 11.3 Å². The van der Waals surface area contributed by atoms with Crippen molar-refractivity contribution in [1.82, 2.24) is 19.9 Å². The van der Waals surface area contributed by atoms with Gasteiger partial charge in [0.2, 0.25) is 0 Å². The SMILES string of the molecule is Nc1nc(-c2cccs2)nc2nc(C#Cc3ccccc3)[nH]c12. The van der Waals surface area contributed by atoms with Crippen molar-refractivity contribution in [3.63, 3.8) is 0 Å². The van der Waals surface area contributed by atoms with E-state index >= 15 is 0 Å². The third kappa shape index (κ3) is 2.65. The number of nitrogens with one attached hydrogen (secondary N) is 1. The van der Waals surface area contributed by atoms with Gasteiger partial charge in [-0.05, 0) is 29.5 Å². The minimum absolute atomic E-state index is 0.374. The van der Waals surface area contributed by atoms with Crippen LogP contribution in [0.15, 0.2) is 47.8 Å². The normalized spacial score (nSPS) is 10.4. The van der Waals surface area contributed by atoms with Crippen LogP contribution in [0.3, 0.4) is 0 Å². The molecule has 0 aliphatic carbocycles. The molecule has 0 aliphatic rings. The van der Waals surface area contributed by atoms with Crippen LogP contribution in [0.25, 0.3) is 21.9 Å². The maximum absolute atomic E-state index is 6.02. The lowest BCUT2D eigenvalue weighted by molar-refractivity contribution is 1.22. The number of nitrogens with two attached hydrogens (primary N) is 1. The molecule has 3 N–H and O–H groups in total. The van der Waals surface area contributed by atoms with Gasteiger partial charge >= 0.3 is 0 Å². The lowest BCUT2D eigenvalue weighted by Crippen LogP contribution is -1.96. The second-order valence-electron chi connectivity index (χ2n) is 4.81. The predicted molar refractivity (Wildman–Crippen MR) is 91.8 cm³/mol. The average molecular weight is 317 g/mol. The Morgan fingerprint density at radius 3 is 2.61 bits per heavy atom. The Balaban J connectivity index is 1.76. The molecule has 23 heavy (non-hydrogen) atoms. The third-order valence-corrected chi connectivity index (χ3v) is 4.09. The Kier molecular flexibility index (Phi) is 3.26. The van der Waals surface area contributed by atoms with Gasteiger partial charge in [0, 0.05) is 5.56 Å². The standard InChI is InChI=1S/C17H11N5S/c18-15-14-17(22-16(21-15)12-7-4-10-23-12)20-13(19-14)9-8-11-5-2-1-3-6-11/h1-7,10H,(H3,18,19,20,21,22). The van der Waals surface area contributed by atoms with Crippen molar-refractivity contribution >= 4 is 28.3 Å². The molecule has 4 rings (SSSR count). The minimum Gasteiger partial charge on any atom is -0.382 e. The first-order valence-electron chi connectivity index (χ1n) is 6.94.